The summed E-state index contributed by atoms with van der Waals surface area (Å²) in [5.41, 5.74) is 0.255. The van der Waals surface area contributed by atoms with Crippen LogP contribution in [0.4, 0.5) is 5.69 Å². The van der Waals surface area contributed by atoms with Crippen LogP contribution in [0.2, 0.25) is 0 Å². The number of nitro benzene ring substituents is 1. The van der Waals surface area contributed by atoms with Crippen molar-refractivity contribution in [2.45, 2.75) is 4.90 Å². The number of nitrogens with zero attached hydrogens (tertiary/aromatic N) is 2. The van der Waals surface area contributed by atoms with E-state index in [9.17, 15) is 20.2 Å². The van der Waals surface area contributed by atoms with E-state index >= 15 is 0 Å². The SMILES string of the molecule is O=[N+]([O-])C=Cc1ccc(SCCO)c([N+](=O)[O-])c1. The number of hydrogen-bond acceptors (Lipinski definition) is 6. The maximum atomic E-state index is 10.8. The Morgan fingerprint density at radius 1 is 1.33 bits per heavy atom. The van der Waals surface area contributed by atoms with E-state index in [1.54, 1.807) is 6.07 Å². The minimum atomic E-state index is -0.639. The van der Waals surface area contributed by atoms with Gasteiger partial charge in [-0.25, -0.2) is 0 Å². The molecule has 0 spiro atoms. The zero-order valence-corrected chi connectivity index (χ0v) is 10.0. The Morgan fingerprint density at radius 2 is 2.06 bits per heavy atom. The quantitative estimate of drug-likeness (QED) is 0.481. The lowest BCUT2D eigenvalue weighted by molar-refractivity contribution is -0.401. The molecular formula is C10H10N2O5S. The molecule has 0 aliphatic carbocycles. The van der Waals surface area contributed by atoms with Gasteiger partial charge in [-0.2, -0.15) is 0 Å². The lowest BCUT2D eigenvalue weighted by Crippen LogP contribution is -1.94. The number of aliphatic hydroxyl groups excluding tert-OH is 1. The van der Waals surface area contributed by atoms with Gasteiger partial charge in [0.25, 0.3) is 5.69 Å². The van der Waals surface area contributed by atoms with Gasteiger partial charge in [0.2, 0.25) is 6.20 Å². The summed E-state index contributed by atoms with van der Waals surface area (Å²) in [5, 5.41) is 29.7. The van der Waals surface area contributed by atoms with E-state index in [2.05, 4.69) is 0 Å². The summed E-state index contributed by atoms with van der Waals surface area (Å²) in [7, 11) is 0. The Labute approximate surface area is 106 Å². The highest BCUT2D eigenvalue weighted by Gasteiger charge is 2.14. The van der Waals surface area contributed by atoms with E-state index < -0.39 is 9.85 Å². The molecule has 7 nitrogen and oxygen atoms in total. The second-order valence-electron chi connectivity index (χ2n) is 3.16. The van der Waals surface area contributed by atoms with E-state index in [4.69, 9.17) is 5.11 Å². The van der Waals surface area contributed by atoms with E-state index in [-0.39, 0.29) is 12.3 Å². The first-order chi connectivity index (χ1) is 8.54. The number of benzene rings is 1. The van der Waals surface area contributed by atoms with Crippen molar-refractivity contribution in [3.05, 3.63) is 50.2 Å². The van der Waals surface area contributed by atoms with Crippen LogP contribution in [0.25, 0.3) is 6.08 Å². The molecule has 0 radical (unpaired) electrons. The molecule has 0 unspecified atom stereocenters. The highest BCUT2D eigenvalue weighted by molar-refractivity contribution is 7.99. The molecule has 0 bridgehead atoms. The van der Waals surface area contributed by atoms with Crippen LogP contribution in [-0.2, 0) is 0 Å². The van der Waals surface area contributed by atoms with Crippen LogP contribution in [0.3, 0.4) is 0 Å². The molecule has 0 aliphatic rings. The van der Waals surface area contributed by atoms with Gasteiger partial charge in [0, 0.05) is 17.9 Å². The second kappa shape index (κ2) is 6.72. The normalized spacial score (nSPS) is 10.7. The minimum absolute atomic E-state index is 0.0786. The number of nitro groups is 2. The van der Waals surface area contributed by atoms with Gasteiger partial charge in [0.15, 0.2) is 0 Å². The van der Waals surface area contributed by atoms with Crippen molar-refractivity contribution < 1.29 is 15.0 Å². The predicted octanol–water partition coefficient (Wildman–Crippen LogP) is 1.93. The van der Waals surface area contributed by atoms with Crippen molar-refractivity contribution >= 4 is 23.5 Å². The molecule has 0 amide bonds. The molecule has 1 aromatic rings. The van der Waals surface area contributed by atoms with E-state index in [1.165, 1.54) is 18.2 Å². The first kappa shape index (κ1) is 14.1. The van der Waals surface area contributed by atoms with Crippen LogP contribution in [0, 0.1) is 20.2 Å². The Balaban J connectivity index is 3.03. The highest BCUT2D eigenvalue weighted by atomic mass is 32.2. The van der Waals surface area contributed by atoms with Crippen molar-refractivity contribution in [2.24, 2.45) is 0 Å². The van der Waals surface area contributed by atoms with Crippen molar-refractivity contribution in [2.75, 3.05) is 12.4 Å². The zero-order valence-electron chi connectivity index (χ0n) is 9.18. The molecule has 0 atom stereocenters. The van der Waals surface area contributed by atoms with Gasteiger partial charge in [0.1, 0.15) is 0 Å². The van der Waals surface area contributed by atoms with Gasteiger partial charge in [-0.3, -0.25) is 20.2 Å². The maximum absolute atomic E-state index is 10.8. The summed E-state index contributed by atoms with van der Waals surface area (Å²) in [5.74, 6) is 0.352. The Hall–Kier alpha value is -1.93. The van der Waals surface area contributed by atoms with Crippen molar-refractivity contribution in [3.8, 4) is 0 Å². The topological polar surface area (TPSA) is 107 Å². The number of aliphatic hydroxyl groups is 1. The van der Waals surface area contributed by atoms with Gasteiger partial charge < -0.3 is 5.11 Å². The predicted molar refractivity (Wildman–Crippen MR) is 66.9 cm³/mol. The molecule has 1 N–H and O–H groups in total. The summed E-state index contributed by atoms with van der Waals surface area (Å²) in [6.45, 7) is -0.0786. The molecule has 0 heterocycles. The van der Waals surface area contributed by atoms with Crippen LogP contribution in [0.15, 0.2) is 29.3 Å². The third-order valence-corrected chi connectivity index (χ3v) is 2.96. The van der Waals surface area contributed by atoms with Crippen molar-refractivity contribution in [1.82, 2.24) is 0 Å². The van der Waals surface area contributed by atoms with Gasteiger partial charge >= 0.3 is 0 Å². The third kappa shape index (κ3) is 4.15. The smallest absolute Gasteiger partial charge is 0.283 e. The summed E-state index contributed by atoms with van der Waals surface area (Å²) in [4.78, 5) is 20.2. The molecule has 0 saturated carbocycles. The Morgan fingerprint density at radius 3 is 2.61 bits per heavy atom. The van der Waals surface area contributed by atoms with E-state index in [1.807, 2.05) is 0 Å². The fourth-order valence-corrected chi connectivity index (χ4v) is 1.96. The average molecular weight is 270 g/mol. The molecule has 96 valence electrons. The molecule has 1 aromatic carbocycles. The average Bonchev–Trinajstić information content (AvgIpc) is 2.34. The first-order valence-corrected chi connectivity index (χ1v) is 5.87. The van der Waals surface area contributed by atoms with Crippen LogP contribution in [-0.4, -0.2) is 27.3 Å². The second-order valence-corrected chi connectivity index (χ2v) is 4.29. The van der Waals surface area contributed by atoms with Gasteiger partial charge in [0.05, 0.1) is 21.3 Å². The molecule has 8 heteroatoms. The fourth-order valence-electron chi connectivity index (χ4n) is 1.21. The third-order valence-electron chi connectivity index (χ3n) is 1.92. The molecule has 1 rings (SSSR count). The largest absolute Gasteiger partial charge is 0.396 e. The highest BCUT2D eigenvalue weighted by Crippen LogP contribution is 2.30. The number of hydrogen-bond donors (Lipinski definition) is 1. The minimum Gasteiger partial charge on any atom is -0.396 e. The summed E-state index contributed by atoms with van der Waals surface area (Å²) >= 11 is 1.16. The Bertz CT molecular complexity index is 489. The monoisotopic (exact) mass is 270 g/mol. The van der Waals surface area contributed by atoms with Crippen LogP contribution >= 0.6 is 11.8 Å². The lowest BCUT2D eigenvalue weighted by atomic mass is 10.2. The standard InChI is InChI=1S/C10H10N2O5S/c13-5-6-18-10-2-1-8(3-4-11(14)15)7-9(10)12(16)17/h1-4,7,13H,5-6H2. The van der Waals surface area contributed by atoms with E-state index in [0.717, 1.165) is 18.0 Å². The number of rotatable bonds is 6. The molecule has 0 fully saturated rings. The van der Waals surface area contributed by atoms with Gasteiger partial charge in [-0.1, -0.05) is 6.07 Å². The maximum Gasteiger partial charge on any atom is 0.283 e. The lowest BCUT2D eigenvalue weighted by Gasteiger charge is -2.02. The number of thioether (sulfide) groups is 1. The summed E-state index contributed by atoms with van der Waals surface area (Å²) < 4.78 is 0. The van der Waals surface area contributed by atoms with Gasteiger partial charge in [-0.15, -0.1) is 11.8 Å². The Kier molecular flexibility index (Phi) is 5.28. The zero-order chi connectivity index (χ0) is 13.5. The molecule has 0 aliphatic heterocycles. The summed E-state index contributed by atoms with van der Waals surface area (Å²) in [6, 6.07) is 4.32. The van der Waals surface area contributed by atoms with Crippen LogP contribution in [0.1, 0.15) is 5.56 Å². The molecule has 0 saturated heterocycles. The molecule has 18 heavy (non-hydrogen) atoms. The van der Waals surface area contributed by atoms with Crippen molar-refractivity contribution in [1.29, 1.82) is 0 Å². The summed E-state index contributed by atoms with van der Waals surface area (Å²) in [6.07, 6.45) is 1.91. The fraction of sp³-hybridized carbons (Fsp3) is 0.200. The molecule has 0 aromatic heterocycles. The first-order valence-electron chi connectivity index (χ1n) is 4.88. The van der Waals surface area contributed by atoms with Crippen molar-refractivity contribution in [3.63, 3.8) is 0 Å². The van der Waals surface area contributed by atoms with Crippen LogP contribution in [0.5, 0.6) is 0 Å². The molecular weight excluding hydrogens is 260 g/mol. The van der Waals surface area contributed by atoms with E-state index in [0.29, 0.717) is 16.2 Å². The van der Waals surface area contributed by atoms with Crippen LogP contribution < -0.4 is 0 Å². The van der Waals surface area contributed by atoms with Gasteiger partial charge in [-0.05, 0) is 11.6 Å².